The quantitative estimate of drug-likeness (QED) is 0.618. The van der Waals surface area contributed by atoms with Crippen LogP contribution in [0.5, 0.6) is 0 Å². The van der Waals surface area contributed by atoms with Gasteiger partial charge in [0, 0.05) is 16.3 Å². The normalized spacial score (nSPS) is 19.1. The van der Waals surface area contributed by atoms with E-state index in [2.05, 4.69) is 28.0 Å². The van der Waals surface area contributed by atoms with Crippen LogP contribution in [-0.4, -0.2) is 24.1 Å². The summed E-state index contributed by atoms with van der Waals surface area (Å²) in [6, 6.07) is 0. The van der Waals surface area contributed by atoms with Crippen molar-refractivity contribution < 1.29 is 9.53 Å². The van der Waals surface area contributed by atoms with Crippen LogP contribution < -0.4 is 5.43 Å². The summed E-state index contributed by atoms with van der Waals surface area (Å²) in [6.45, 7) is 2.74. The number of fused-ring (bicyclic) bond motifs is 1. The van der Waals surface area contributed by atoms with E-state index in [0.717, 1.165) is 9.28 Å². The van der Waals surface area contributed by atoms with Gasteiger partial charge < -0.3 is 4.74 Å². The van der Waals surface area contributed by atoms with E-state index in [1.54, 1.807) is 0 Å². The van der Waals surface area contributed by atoms with E-state index >= 15 is 0 Å². The van der Waals surface area contributed by atoms with Gasteiger partial charge >= 0.3 is 5.97 Å². The Morgan fingerprint density at radius 2 is 2.53 bits per heavy atom. The van der Waals surface area contributed by atoms with Crippen LogP contribution in [0.4, 0.5) is 0 Å². The molecule has 4 nitrogen and oxygen atoms in total. The average Bonchev–Trinajstić information content (AvgIpc) is 2.60. The average molecular weight is 318 g/mol. The largest absolute Gasteiger partial charge is 0.463 e. The van der Waals surface area contributed by atoms with Gasteiger partial charge in [-0.15, -0.1) is 0 Å². The molecule has 0 radical (unpaired) electrons. The Kier molecular flexibility index (Phi) is 3.11. The molecule has 0 atom stereocenters. The van der Waals surface area contributed by atoms with E-state index in [0.29, 0.717) is 18.7 Å². The number of ether oxygens (including phenoxy) is 1. The molecule has 2 heterocycles. The van der Waals surface area contributed by atoms with Gasteiger partial charge in [-0.3, -0.25) is 5.01 Å². The third-order valence-electron chi connectivity index (χ3n) is 2.17. The fourth-order valence-corrected chi connectivity index (χ4v) is 1.95. The van der Waals surface area contributed by atoms with Crippen LogP contribution >= 0.6 is 22.6 Å². The molecule has 1 N–H and O–H groups in total. The number of halogens is 1. The summed E-state index contributed by atoms with van der Waals surface area (Å²) < 4.78 is 6.09. The molecule has 2 aliphatic rings. The molecule has 15 heavy (non-hydrogen) atoms. The van der Waals surface area contributed by atoms with Crippen LogP contribution in [0, 0.1) is 0 Å². The van der Waals surface area contributed by atoms with Crippen molar-refractivity contribution in [3.63, 3.8) is 0 Å². The minimum absolute atomic E-state index is 0.238. The number of hydrazine groups is 1. The Morgan fingerprint density at radius 3 is 3.27 bits per heavy atom. The minimum Gasteiger partial charge on any atom is -0.463 e. The molecule has 2 rings (SSSR count). The van der Waals surface area contributed by atoms with Crippen molar-refractivity contribution in [2.24, 2.45) is 0 Å². The highest BCUT2D eigenvalue weighted by molar-refractivity contribution is 14.1. The van der Waals surface area contributed by atoms with Gasteiger partial charge in [0.1, 0.15) is 0 Å². The van der Waals surface area contributed by atoms with Crippen molar-refractivity contribution >= 4 is 28.6 Å². The molecule has 0 bridgehead atoms. The Bertz CT molecular complexity index is 385. The fourth-order valence-electron chi connectivity index (χ4n) is 1.49. The van der Waals surface area contributed by atoms with Crippen molar-refractivity contribution in [2.75, 3.05) is 13.2 Å². The van der Waals surface area contributed by atoms with E-state index in [1.807, 2.05) is 30.3 Å². The van der Waals surface area contributed by atoms with E-state index in [-0.39, 0.29) is 5.97 Å². The number of rotatable bonds is 2. The molecule has 0 spiro atoms. The molecule has 0 aliphatic carbocycles. The monoisotopic (exact) mass is 318 g/mol. The van der Waals surface area contributed by atoms with Crippen LogP contribution in [0.15, 0.2) is 33.2 Å². The van der Waals surface area contributed by atoms with Crippen molar-refractivity contribution in [1.82, 2.24) is 10.4 Å². The Labute approximate surface area is 102 Å². The summed E-state index contributed by atoms with van der Waals surface area (Å²) in [5.74, 6) is -0.238. The van der Waals surface area contributed by atoms with Gasteiger partial charge in [0.05, 0.1) is 17.9 Å². The van der Waals surface area contributed by atoms with E-state index in [9.17, 15) is 4.79 Å². The highest BCUT2D eigenvalue weighted by Gasteiger charge is 2.26. The number of nitrogens with zero attached hydrogens (tertiary/aromatic N) is 1. The zero-order valence-electron chi connectivity index (χ0n) is 8.29. The maximum Gasteiger partial charge on any atom is 0.337 e. The first kappa shape index (κ1) is 10.7. The third-order valence-corrected chi connectivity index (χ3v) is 2.85. The number of allylic oxidation sites excluding steroid dienone is 3. The minimum atomic E-state index is -0.238. The zero-order valence-corrected chi connectivity index (χ0v) is 10.4. The molecule has 0 amide bonds. The van der Waals surface area contributed by atoms with Crippen LogP contribution in [0.3, 0.4) is 0 Å². The van der Waals surface area contributed by atoms with E-state index in [1.165, 1.54) is 0 Å². The first-order valence-corrected chi connectivity index (χ1v) is 5.78. The van der Waals surface area contributed by atoms with Crippen molar-refractivity contribution in [3.8, 4) is 0 Å². The molecular weight excluding hydrogens is 307 g/mol. The highest BCUT2D eigenvalue weighted by atomic mass is 127. The van der Waals surface area contributed by atoms with Gasteiger partial charge in [-0.1, -0.05) is 0 Å². The molecule has 0 saturated carbocycles. The number of nitrogens with one attached hydrogen (secondary N) is 1. The Morgan fingerprint density at radius 1 is 1.73 bits per heavy atom. The number of esters is 1. The van der Waals surface area contributed by atoms with Gasteiger partial charge in [0.25, 0.3) is 0 Å². The summed E-state index contributed by atoms with van der Waals surface area (Å²) in [6.07, 6.45) is 5.85. The van der Waals surface area contributed by atoms with Crippen molar-refractivity contribution in [1.29, 1.82) is 0 Å². The number of carbonyl (C=O) groups excluding carboxylic acids is 1. The molecule has 0 aromatic heterocycles. The Balaban J connectivity index is 2.28. The molecule has 2 aliphatic heterocycles. The summed E-state index contributed by atoms with van der Waals surface area (Å²) in [4.78, 5) is 11.6. The number of hydrogen-bond donors (Lipinski definition) is 1. The maximum atomic E-state index is 11.6. The van der Waals surface area contributed by atoms with Crippen molar-refractivity contribution in [2.45, 2.75) is 6.92 Å². The van der Waals surface area contributed by atoms with E-state index in [4.69, 9.17) is 4.74 Å². The second kappa shape index (κ2) is 4.36. The molecule has 0 saturated heterocycles. The standard InChI is InChI=1S/C10H11IN2O2/c1-2-15-10(14)8-6-12-13-4-3-7(11)5-9(8)13/h3-5,12H,2,6H2,1H3. The first-order valence-electron chi connectivity index (χ1n) is 4.70. The number of hydrogen-bond acceptors (Lipinski definition) is 4. The zero-order chi connectivity index (χ0) is 10.8. The van der Waals surface area contributed by atoms with Gasteiger partial charge in [0.15, 0.2) is 0 Å². The second-order valence-electron chi connectivity index (χ2n) is 3.13. The molecule has 5 heteroatoms. The summed E-state index contributed by atoms with van der Waals surface area (Å²) in [5, 5.41) is 1.84. The van der Waals surface area contributed by atoms with Crippen LogP contribution in [0.25, 0.3) is 0 Å². The smallest absolute Gasteiger partial charge is 0.337 e. The predicted octanol–water partition coefficient (Wildman–Crippen LogP) is 1.47. The predicted molar refractivity (Wildman–Crippen MR) is 64.7 cm³/mol. The van der Waals surface area contributed by atoms with Crippen LogP contribution in [0.2, 0.25) is 0 Å². The molecular formula is C10H11IN2O2. The lowest BCUT2D eigenvalue weighted by atomic mass is 10.2. The third kappa shape index (κ3) is 2.07. The van der Waals surface area contributed by atoms with Crippen molar-refractivity contribution in [3.05, 3.63) is 33.2 Å². The second-order valence-corrected chi connectivity index (χ2v) is 4.38. The van der Waals surface area contributed by atoms with Gasteiger partial charge in [0.2, 0.25) is 0 Å². The molecule has 80 valence electrons. The topological polar surface area (TPSA) is 41.6 Å². The highest BCUT2D eigenvalue weighted by Crippen LogP contribution is 2.26. The van der Waals surface area contributed by atoms with Gasteiger partial charge in [-0.05, 0) is 41.7 Å². The number of carbonyl (C=O) groups is 1. The lowest BCUT2D eigenvalue weighted by Gasteiger charge is -2.18. The SMILES string of the molecule is CCOC(=O)C1=C2C=C(I)C=CN2NC1. The Hall–Kier alpha value is -0.820. The fraction of sp³-hybridized carbons (Fsp3) is 0.300. The van der Waals surface area contributed by atoms with Gasteiger partial charge in [-0.25, -0.2) is 10.2 Å². The maximum absolute atomic E-state index is 11.6. The van der Waals surface area contributed by atoms with E-state index < -0.39 is 0 Å². The van der Waals surface area contributed by atoms with Crippen LogP contribution in [0.1, 0.15) is 6.92 Å². The lowest BCUT2D eigenvalue weighted by molar-refractivity contribution is -0.138. The summed E-state index contributed by atoms with van der Waals surface area (Å²) in [5.41, 5.74) is 4.67. The molecule has 0 aromatic rings. The molecule has 0 unspecified atom stereocenters. The molecule has 0 aromatic carbocycles. The van der Waals surface area contributed by atoms with Gasteiger partial charge in [-0.2, -0.15) is 0 Å². The lowest BCUT2D eigenvalue weighted by Crippen LogP contribution is -2.27. The summed E-state index contributed by atoms with van der Waals surface area (Å²) in [7, 11) is 0. The summed E-state index contributed by atoms with van der Waals surface area (Å²) >= 11 is 2.22. The first-order chi connectivity index (χ1) is 7.22. The van der Waals surface area contributed by atoms with Crippen LogP contribution in [-0.2, 0) is 9.53 Å². The molecule has 0 fully saturated rings.